The van der Waals surface area contributed by atoms with E-state index in [0.29, 0.717) is 16.1 Å². The summed E-state index contributed by atoms with van der Waals surface area (Å²) in [5.74, 6) is -0.303. The Labute approximate surface area is 144 Å². The van der Waals surface area contributed by atoms with Crippen molar-refractivity contribution in [2.24, 2.45) is 0 Å². The summed E-state index contributed by atoms with van der Waals surface area (Å²) in [6.45, 7) is 0.0685. The Hall–Kier alpha value is -2.63. The van der Waals surface area contributed by atoms with E-state index in [1.54, 1.807) is 35.1 Å². The second kappa shape index (κ2) is 7.29. The third-order valence-electron chi connectivity index (χ3n) is 3.59. The highest BCUT2D eigenvalue weighted by Gasteiger charge is 2.14. The molecule has 24 heavy (non-hydrogen) atoms. The highest BCUT2D eigenvalue weighted by Crippen LogP contribution is 2.21. The molecule has 0 aliphatic heterocycles. The highest BCUT2D eigenvalue weighted by atomic mass is 35.5. The second-order valence-electron chi connectivity index (χ2n) is 5.26. The van der Waals surface area contributed by atoms with Gasteiger partial charge in [-0.2, -0.15) is 5.10 Å². The minimum Gasteiger partial charge on any atom is -0.387 e. The number of hydrogen-bond donors (Lipinski definition) is 2. The van der Waals surface area contributed by atoms with Crippen molar-refractivity contribution in [3.63, 3.8) is 0 Å². The number of aromatic nitrogens is 2. The molecule has 0 fully saturated rings. The predicted octanol–water partition coefficient (Wildman–Crippen LogP) is 2.99. The summed E-state index contributed by atoms with van der Waals surface area (Å²) in [5, 5.41) is 17.5. The number of nitrogens with one attached hydrogen (secondary N) is 1. The molecule has 0 saturated carbocycles. The predicted molar refractivity (Wildman–Crippen MR) is 92.3 cm³/mol. The van der Waals surface area contributed by atoms with Gasteiger partial charge >= 0.3 is 0 Å². The standard InChI is InChI=1S/C18H16ClN3O2/c19-16-9-5-4-8-15(16)17(23)11-20-18(24)13-10-21-22(12-13)14-6-2-1-3-7-14/h1-10,12,17,23H,11H2,(H,20,24). The van der Waals surface area contributed by atoms with Crippen LogP contribution in [-0.4, -0.2) is 27.3 Å². The lowest BCUT2D eigenvalue weighted by Crippen LogP contribution is -2.28. The Balaban J connectivity index is 1.64. The SMILES string of the molecule is O=C(NCC(O)c1ccccc1Cl)c1cnn(-c2ccccc2)c1. The molecule has 5 nitrogen and oxygen atoms in total. The van der Waals surface area contributed by atoms with Crippen molar-refractivity contribution in [1.29, 1.82) is 0 Å². The number of rotatable bonds is 5. The van der Waals surface area contributed by atoms with Crippen LogP contribution in [0.5, 0.6) is 0 Å². The molecule has 1 unspecified atom stereocenters. The first-order valence-electron chi connectivity index (χ1n) is 7.46. The maximum atomic E-state index is 12.2. The van der Waals surface area contributed by atoms with Crippen molar-refractivity contribution in [2.75, 3.05) is 6.54 Å². The van der Waals surface area contributed by atoms with Crippen molar-refractivity contribution < 1.29 is 9.90 Å². The molecule has 0 bridgehead atoms. The number of para-hydroxylation sites is 1. The van der Waals surface area contributed by atoms with Crippen molar-refractivity contribution >= 4 is 17.5 Å². The number of nitrogens with zero attached hydrogens (tertiary/aromatic N) is 2. The average molecular weight is 342 g/mol. The van der Waals surface area contributed by atoms with E-state index < -0.39 is 6.10 Å². The smallest absolute Gasteiger partial charge is 0.254 e. The zero-order valence-electron chi connectivity index (χ0n) is 12.8. The van der Waals surface area contributed by atoms with Gasteiger partial charge in [0.1, 0.15) is 0 Å². The fourth-order valence-corrected chi connectivity index (χ4v) is 2.57. The Bertz CT molecular complexity index is 833. The van der Waals surface area contributed by atoms with E-state index in [9.17, 15) is 9.90 Å². The lowest BCUT2D eigenvalue weighted by Gasteiger charge is -2.13. The minimum atomic E-state index is -0.869. The molecule has 1 amide bonds. The van der Waals surface area contributed by atoms with Gasteiger partial charge in [0.2, 0.25) is 0 Å². The van der Waals surface area contributed by atoms with Gasteiger partial charge in [-0.1, -0.05) is 48.0 Å². The number of amides is 1. The molecular weight excluding hydrogens is 326 g/mol. The lowest BCUT2D eigenvalue weighted by atomic mass is 10.1. The Morgan fingerprint density at radius 1 is 1.17 bits per heavy atom. The molecule has 0 radical (unpaired) electrons. The van der Waals surface area contributed by atoms with Gasteiger partial charge in [-0.25, -0.2) is 4.68 Å². The van der Waals surface area contributed by atoms with Crippen LogP contribution in [0.15, 0.2) is 67.0 Å². The third-order valence-corrected chi connectivity index (χ3v) is 3.93. The molecule has 3 aromatic rings. The summed E-state index contributed by atoms with van der Waals surface area (Å²) in [7, 11) is 0. The Morgan fingerprint density at radius 3 is 2.62 bits per heavy atom. The molecule has 0 aliphatic carbocycles. The summed E-state index contributed by atoms with van der Waals surface area (Å²) in [5.41, 5.74) is 1.87. The van der Waals surface area contributed by atoms with Gasteiger partial charge in [0.15, 0.2) is 0 Å². The van der Waals surface area contributed by atoms with Crippen LogP contribution in [0.4, 0.5) is 0 Å². The first-order chi connectivity index (χ1) is 11.6. The van der Waals surface area contributed by atoms with E-state index in [1.165, 1.54) is 6.20 Å². The first-order valence-corrected chi connectivity index (χ1v) is 7.84. The van der Waals surface area contributed by atoms with Gasteiger partial charge in [0.25, 0.3) is 5.91 Å². The number of hydrogen-bond acceptors (Lipinski definition) is 3. The van der Waals surface area contributed by atoms with Crippen LogP contribution in [0.3, 0.4) is 0 Å². The van der Waals surface area contributed by atoms with Crippen LogP contribution < -0.4 is 5.32 Å². The fraction of sp³-hybridized carbons (Fsp3) is 0.111. The monoisotopic (exact) mass is 341 g/mol. The normalized spacial score (nSPS) is 11.9. The Kier molecular flexibility index (Phi) is 4.93. The minimum absolute atomic E-state index is 0.0685. The molecule has 0 spiro atoms. The van der Waals surface area contributed by atoms with Crippen LogP contribution >= 0.6 is 11.6 Å². The largest absolute Gasteiger partial charge is 0.387 e. The van der Waals surface area contributed by atoms with Crippen LogP contribution in [0.2, 0.25) is 5.02 Å². The zero-order valence-corrected chi connectivity index (χ0v) is 13.5. The molecule has 0 aliphatic rings. The van der Waals surface area contributed by atoms with E-state index in [-0.39, 0.29) is 12.5 Å². The number of aliphatic hydroxyl groups excluding tert-OH is 1. The van der Waals surface area contributed by atoms with Gasteiger partial charge in [0.05, 0.1) is 23.6 Å². The molecule has 6 heteroatoms. The second-order valence-corrected chi connectivity index (χ2v) is 5.66. The van der Waals surface area contributed by atoms with Crippen molar-refractivity contribution in [3.8, 4) is 5.69 Å². The molecule has 2 aromatic carbocycles. The fourth-order valence-electron chi connectivity index (χ4n) is 2.31. The van der Waals surface area contributed by atoms with Gasteiger partial charge in [-0.3, -0.25) is 4.79 Å². The van der Waals surface area contributed by atoms with Gasteiger partial charge < -0.3 is 10.4 Å². The van der Waals surface area contributed by atoms with Gasteiger partial charge in [-0.15, -0.1) is 0 Å². The number of halogens is 1. The van der Waals surface area contributed by atoms with E-state index >= 15 is 0 Å². The average Bonchev–Trinajstić information content (AvgIpc) is 3.11. The van der Waals surface area contributed by atoms with E-state index in [0.717, 1.165) is 5.69 Å². The number of carbonyl (C=O) groups excluding carboxylic acids is 1. The number of carbonyl (C=O) groups is 1. The summed E-state index contributed by atoms with van der Waals surface area (Å²) in [4.78, 5) is 12.2. The quantitative estimate of drug-likeness (QED) is 0.749. The van der Waals surface area contributed by atoms with Gasteiger partial charge in [-0.05, 0) is 18.2 Å². The molecule has 0 saturated heterocycles. The van der Waals surface area contributed by atoms with E-state index in [4.69, 9.17) is 11.6 Å². The maximum Gasteiger partial charge on any atom is 0.254 e. The molecule has 3 rings (SSSR count). The summed E-state index contributed by atoms with van der Waals surface area (Å²) >= 11 is 6.04. The molecular formula is C18H16ClN3O2. The van der Waals surface area contributed by atoms with E-state index in [1.807, 2.05) is 30.3 Å². The third kappa shape index (κ3) is 3.64. The summed E-state index contributed by atoms with van der Waals surface area (Å²) in [6, 6.07) is 16.5. The van der Waals surface area contributed by atoms with Crippen LogP contribution in [0.25, 0.3) is 5.69 Å². The number of benzene rings is 2. The zero-order chi connectivity index (χ0) is 16.9. The lowest BCUT2D eigenvalue weighted by molar-refractivity contribution is 0.0916. The maximum absolute atomic E-state index is 12.2. The first kappa shape index (κ1) is 16.2. The number of aliphatic hydroxyl groups is 1. The molecule has 122 valence electrons. The van der Waals surface area contributed by atoms with Crippen LogP contribution in [0.1, 0.15) is 22.0 Å². The molecule has 1 atom stereocenters. The van der Waals surface area contributed by atoms with Crippen LogP contribution in [-0.2, 0) is 0 Å². The van der Waals surface area contributed by atoms with Gasteiger partial charge in [0, 0.05) is 23.3 Å². The summed E-state index contributed by atoms with van der Waals surface area (Å²) in [6.07, 6.45) is 2.27. The van der Waals surface area contributed by atoms with Crippen LogP contribution in [0, 0.1) is 0 Å². The van der Waals surface area contributed by atoms with E-state index in [2.05, 4.69) is 10.4 Å². The topological polar surface area (TPSA) is 67.2 Å². The van der Waals surface area contributed by atoms with Crippen molar-refractivity contribution in [2.45, 2.75) is 6.10 Å². The molecule has 1 heterocycles. The van der Waals surface area contributed by atoms with Crippen molar-refractivity contribution in [1.82, 2.24) is 15.1 Å². The Morgan fingerprint density at radius 2 is 1.88 bits per heavy atom. The molecule has 1 aromatic heterocycles. The molecule has 2 N–H and O–H groups in total. The highest BCUT2D eigenvalue weighted by molar-refractivity contribution is 6.31. The summed E-state index contributed by atoms with van der Waals surface area (Å²) < 4.78 is 1.62. The van der Waals surface area contributed by atoms with Crippen molar-refractivity contribution in [3.05, 3.63) is 83.1 Å².